The fourth-order valence-electron chi connectivity index (χ4n) is 4.67. The Bertz CT molecular complexity index is 1520. The monoisotopic (exact) mass is 594 g/mol. The lowest BCUT2D eigenvalue weighted by Gasteiger charge is -2.27. The molecule has 2 aliphatic heterocycles. The third kappa shape index (κ3) is 7.40. The Morgan fingerprint density at radius 1 is 1.09 bits per heavy atom. The van der Waals surface area contributed by atoms with Gasteiger partial charge < -0.3 is 30.1 Å². The van der Waals surface area contributed by atoms with Gasteiger partial charge in [-0.25, -0.2) is 4.98 Å². The quantitative estimate of drug-likeness (QED) is 0.257. The maximum atomic E-state index is 13.2. The highest BCUT2D eigenvalue weighted by Crippen LogP contribution is 2.34. The van der Waals surface area contributed by atoms with Crippen LogP contribution in [0.2, 0.25) is 0 Å². The van der Waals surface area contributed by atoms with Gasteiger partial charge in [0.25, 0.3) is 5.91 Å². The first-order valence-electron chi connectivity index (χ1n) is 13.6. The molecule has 3 heterocycles. The highest BCUT2D eigenvalue weighted by atomic mass is 19.4. The summed E-state index contributed by atoms with van der Waals surface area (Å²) in [4.78, 5) is 31.5. The van der Waals surface area contributed by atoms with Crippen molar-refractivity contribution in [3.8, 4) is 5.75 Å². The lowest BCUT2D eigenvalue weighted by molar-refractivity contribution is -0.137. The number of aliphatic hydroxyl groups excluding tert-OH is 1. The molecule has 0 saturated carbocycles. The highest BCUT2D eigenvalue weighted by molar-refractivity contribution is 6.02. The van der Waals surface area contributed by atoms with Crippen molar-refractivity contribution in [1.29, 1.82) is 0 Å². The number of pyridine rings is 1. The predicted octanol–water partition coefficient (Wildman–Crippen LogP) is 4.65. The average Bonchev–Trinajstić information content (AvgIpc) is 3.00. The van der Waals surface area contributed by atoms with Gasteiger partial charge in [0.1, 0.15) is 11.6 Å². The highest BCUT2D eigenvalue weighted by Gasteiger charge is 2.30. The van der Waals surface area contributed by atoms with E-state index in [0.717, 1.165) is 18.0 Å². The number of rotatable bonds is 8. The first kappa shape index (κ1) is 29.8. The molecule has 2 aromatic carbocycles. The smallest absolute Gasteiger partial charge is 0.416 e. The fraction of sp³-hybridized carbons (Fsp3) is 0.258. The van der Waals surface area contributed by atoms with Crippen LogP contribution in [0.25, 0.3) is 5.57 Å². The predicted molar refractivity (Wildman–Crippen MR) is 155 cm³/mol. The van der Waals surface area contributed by atoms with E-state index in [1.54, 1.807) is 30.5 Å². The van der Waals surface area contributed by atoms with E-state index in [4.69, 9.17) is 14.6 Å². The number of nitrogens with one attached hydrogen (secondary N) is 2. The SMILES string of the molecule is O=C(/C=C/C=C(/c1ccc(C(F)(F)F)cc1)c1ccc(N2CCOCC2)nc1)Nc1ccc2c(c1)NC(=O)C(CCO)O2. The second-order valence-electron chi connectivity index (χ2n) is 9.83. The standard InChI is InChI=1S/C31H29F3N4O5/c32-31(33,34)22-7-4-20(5-8-22)24(21-6-11-28(35-19-21)38-13-16-42-17-14-38)2-1-3-29(40)36-23-9-10-26-25(18-23)37-30(41)27(43-26)12-15-39/h1-11,18-19,27,39H,12-17H2,(H,36,40)(H,37,41)/b3-1+,24-2-. The molecule has 0 spiro atoms. The van der Waals surface area contributed by atoms with Crippen LogP contribution >= 0.6 is 0 Å². The molecule has 12 heteroatoms. The molecule has 1 fully saturated rings. The van der Waals surface area contributed by atoms with Gasteiger partial charge >= 0.3 is 6.18 Å². The van der Waals surface area contributed by atoms with Crippen LogP contribution in [0.4, 0.5) is 30.4 Å². The minimum absolute atomic E-state index is 0.157. The summed E-state index contributed by atoms with van der Waals surface area (Å²) >= 11 is 0. The molecule has 3 aromatic rings. The van der Waals surface area contributed by atoms with Gasteiger partial charge in [-0.05, 0) is 53.6 Å². The molecule has 224 valence electrons. The van der Waals surface area contributed by atoms with Gasteiger partial charge in [0.05, 0.1) is 24.5 Å². The molecular weight excluding hydrogens is 565 g/mol. The summed E-state index contributed by atoms with van der Waals surface area (Å²) < 4.78 is 50.5. The number of aliphatic hydroxyl groups is 1. The second kappa shape index (κ2) is 13.1. The van der Waals surface area contributed by atoms with Crippen LogP contribution in [0.15, 0.2) is 79.0 Å². The van der Waals surface area contributed by atoms with Crippen LogP contribution in [0, 0.1) is 0 Å². The molecular formula is C31H29F3N4O5. The number of halogens is 3. The summed E-state index contributed by atoms with van der Waals surface area (Å²) in [5.74, 6) is 0.330. The Morgan fingerprint density at radius 2 is 1.84 bits per heavy atom. The maximum absolute atomic E-state index is 13.2. The molecule has 1 saturated heterocycles. The van der Waals surface area contributed by atoms with Crippen molar-refractivity contribution in [2.24, 2.45) is 0 Å². The first-order chi connectivity index (χ1) is 20.7. The van der Waals surface area contributed by atoms with Gasteiger partial charge in [-0.2, -0.15) is 13.2 Å². The number of carbonyl (C=O) groups is 2. The number of carbonyl (C=O) groups excluding carboxylic acids is 2. The van der Waals surface area contributed by atoms with E-state index in [1.165, 1.54) is 24.3 Å². The molecule has 1 atom stereocenters. The van der Waals surface area contributed by atoms with Crippen molar-refractivity contribution in [3.05, 3.63) is 95.7 Å². The zero-order valence-electron chi connectivity index (χ0n) is 22.9. The Hall–Kier alpha value is -4.68. The number of hydrogen-bond donors (Lipinski definition) is 3. The third-order valence-corrected chi connectivity index (χ3v) is 6.89. The topological polar surface area (TPSA) is 113 Å². The number of fused-ring (bicyclic) bond motifs is 1. The number of aromatic nitrogens is 1. The van der Waals surface area contributed by atoms with Crippen molar-refractivity contribution < 1.29 is 37.3 Å². The first-order valence-corrected chi connectivity index (χ1v) is 13.6. The van der Waals surface area contributed by atoms with E-state index in [2.05, 4.69) is 20.5 Å². The third-order valence-electron chi connectivity index (χ3n) is 6.89. The van der Waals surface area contributed by atoms with E-state index < -0.39 is 29.7 Å². The number of anilines is 3. The Morgan fingerprint density at radius 3 is 2.51 bits per heavy atom. The van der Waals surface area contributed by atoms with Crippen molar-refractivity contribution in [1.82, 2.24) is 4.98 Å². The Balaban J connectivity index is 1.34. The number of nitrogens with zero attached hydrogens (tertiary/aromatic N) is 2. The van der Waals surface area contributed by atoms with Gasteiger partial charge in [-0.1, -0.05) is 24.3 Å². The largest absolute Gasteiger partial charge is 0.478 e. The van der Waals surface area contributed by atoms with E-state index >= 15 is 0 Å². The van der Waals surface area contributed by atoms with Crippen molar-refractivity contribution in [2.45, 2.75) is 18.7 Å². The minimum atomic E-state index is -4.46. The number of ether oxygens (including phenoxy) is 2. The number of allylic oxidation sites excluding steroid dienone is 2. The fourth-order valence-corrected chi connectivity index (χ4v) is 4.67. The van der Waals surface area contributed by atoms with Crippen LogP contribution in [-0.4, -0.2) is 60.9 Å². The molecule has 1 aromatic heterocycles. The Kier molecular flexibility index (Phi) is 9.07. The van der Waals surface area contributed by atoms with E-state index in [1.807, 2.05) is 12.1 Å². The summed E-state index contributed by atoms with van der Waals surface area (Å²) in [5, 5.41) is 14.5. The number of morpholine rings is 1. The molecule has 0 bridgehead atoms. The zero-order chi connectivity index (χ0) is 30.4. The van der Waals surface area contributed by atoms with Gasteiger partial charge in [-0.3, -0.25) is 9.59 Å². The van der Waals surface area contributed by atoms with E-state index in [0.29, 0.717) is 60.1 Å². The molecule has 5 rings (SSSR count). The lowest BCUT2D eigenvalue weighted by atomic mass is 9.97. The Labute approximate surface area is 245 Å². The van der Waals surface area contributed by atoms with Crippen molar-refractivity contribution in [3.63, 3.8) is 0 Å². The van der Waals surface area contributed by atoms with Gasteiger partial charge in [0.2, 0.25) is 5.91 Å². The number of hydrogen-bond acceptors (Lipinski definition) is 7. The summed E-state index contributed by atoms with van der Waals surface area (Å²) in [5.41, 5.74) is 1.79. The molecule has 0 aliphatic carbocycles. The van der Waals surface area contributed by atoms with Crippen molar-refractivity contribution in [2.75, 3.05) is 48.4 Å². The number of benzene rings is 2. The normalized spacial score (nSPS) is 17.3. The van der Waals surface area contributed by atoms with E-state index in [-0.39, 0.29) is 13.0 Å². The van der Waals surface area contributed by atoms with Crippen LogP contribution in [-0.2, 0) is 20.5 Å². The molecule has 9 nitrogen and oxygen atoms in total. The molecule has 0 radical (unpaired) electrons. The van der Waals surface area contributed by atoms with Crippen LogP contribution in [0.5, 0.6) is 5.75 Å². The minimum Gasteiger partial charge on any atom is -0.478 e. The maximum Gasteiger partial charge on any atom is 0.416 e. The number of alkyl halides is 3. The molecule has 2 amide bonds. The number of amides is 2. The lowest BCUT2D eigenvalue weighted by Crippen LogP contribution is -2.37. The summed E-state index contributed by atoms with van der Waals surface area (Å²) in [6.45, 7) is 2.43. The average molecular weight is 595 g/mol. The molecule has 43 heavy (non-hydrogen) atoms. The van der Waals surface area contributed by atoms with Crippen LogP contribution in [0.1, 0.15) is 23.1 Å². The molecule has 2 aliphatic rings. The molecule has 3 N–H and O–H groups in total. The van der Waals surface area contributed by atoms with Gasteiger partial charge in [0, 0.05) is 49.6 Å². The van der Waals surface area contributed by atoms with Crippen molar-refractivity contribution >= 4 is 34.6 Å². The summed E-state index contributed by atoms with van der Waals surface area (Å²) in [7, 11) is 0. The second-order valence-corrected chi connectivity index (χ2v) is 9.83. The van der Waals surface area contributed by atoms with Gasteiger partial charge in [0.15, 0.2) is 6.10 Å². The van der Waals surface area contributed by atoms with Gasteiger partial charge in [-0.15, -0.1) is 0 Å². The summed E-state index contributed by atoms with van der Waals surface area (Å²) in [6, 6.07) is 13.3. The van der Waals surface area contributed by atoms with Crippen LogP contribution in [0.3, 0.4) is 0 Å². The van der Waals surface area contributed by atoms with E-state index in [9.17, 15) is 22.8 Å². The van der Waals surface area contributed by atoms with Crippen LogP contribution < -0.4 is 20.3 Å². The molecule has 1 unspecified atom stereocenters. The summed E-state index contributed by atoms with van der Waals surface area (Å²) in [6.07, 6.45) is 0.968. The zero-order valence-corrected chi connectivity index (χ0v) is 22.9.